The fourth-order valence-corrected chi connectivity index (χ4v) is 2.73. The molecule has 0 radical (unpaired) electrons. The van der Waals surface area contributed by atoms with Crippen LogP contribution in [0, 0.1) is 13.8 Å². The highest BCUT2D eigenvalue weighted by Gasteiger charge is 2.23. The van der Waals surface area contributed by atoms with E-state index in [-0.39, 0.29) is 0 Å². The van der Waals surface area contributed by atoms with Gasteiger partial charge in [0, 0.05) is 5.02 Å². The molecule has 0 aliphatic rings. The summed E-state index contributed by atoms with van der Waals surface area (Å²) in [6, 6.07) is 13.2. The molecular formula is C17H17ClO2. The van der Waals surface area contributed by atoms with Crippen LogP contribution in [-0.4, -0.2) is 11.1 Å². The number of hydrogen-bond donors (Lipinski definition) is 1. The average Bonchev–Trinajstić information content (AvgIpc) is 2.39. The van der Waals surface area contributed by atoms with Crippen LogP contribution in [0.4, 0.5) is 0 Å². The van der Waals surface area contributed by atoms with Crippen molar-refractivity contribution in [3.05, 3.63) is 69.7 Å². The molecule has 0 spiro atoms. The molecule has 104 valence electrons. The van der Waals surface area contributed by atoms with Gasteiger partial charge in [-0.25, -0.2) is 0 Å². The molecule has 1 N–H and O–H groups in total. The minimum Gasteiger partial charge on any atom is -0.481 e. The summed E-state index contributed by atoms with van der Waals surface area (Å²) in [6.45, 7) is 4.02. The Hall–Kier alpha value is -1.80. The Balaban J connectivity index is 2.42. The van der Waals surface area contributed by atoms with Gasteiger partial charge in [-0.05, 0) is 48.6 Å². The number of carboxylic acid groups (broad SMARTS) is 1. The third-order valence-corrected chi connectivity index (χ3v) is 3.98. The zero-order chi connectivity index (χ0) is 14.7. The summed E-state index contributed by atoms with van der Waals surface area (Å²) >= 11 is 6.15. The predicted octanol–water partition coefficient (Wildman–Crippen LogP) is 4.37. The van der Waals surface area contributed by atoms with Gasteiger partial charge in [0.2, 0.25) is 0 Å². The van der Waals surface area contributed by atoms with Crippen LogP contribution in [-0.2, 0) is 11.2 Å². The highest BCUT2D eigenvalue weighted by atomic mass is 35.5. The van der Waals surface area contributed by atoms with Gasteiger partial charge in [0.15, 0.2) is 0 Å². The van der Waals surface area contributed by atoms with E-state index in [9.17, 15) is 9.90 Å². The molecule has 0 aromatic heterocycles. The maximum atomic E-state index is 11.6. The number of carbonyl (C=O) groups is 1. The van der Waals surface area contributed by atoms with E-state index < -0.39 is 11.9 Å². The van der Waals surface area contributed by atoms with Crippen LogP contribution in [0.1, 0.15) is 28.2 Å². The lowest BCUT2D eigenvalue weighted by Gasteiger charge is -2.17. The Bertz CT molecular complexity index is 614. The highest BCUT2D eigenvalue weighted by Crippen LogP contribution is 2.29. The zero-order valence-corrected chi connectivity index (χ0v) is 12.3. The predicted molar refractivity (Wildman–Crippen MR) is 81.4 cm³/mol. The number of carboxylic acids is 1. The molecule has 1 unspecified atom stereocenters. The van der Waals surface area contributed by atoms with E-state index in [0.717, 1.165) is 16.7 Å². The second-order valence-electron chi connectivity index (χ2n) is 4.99. The maximum absolute atomic E-state index is 11.6. The van der Waals surface area contributed by atoms with Crippen LogP contribution in [0.5, 0.6) is 0 Å². The van der Waals surface area contributed by atoms with Crippen molar-refractivity contribution in [2.75, 3.05) is 0 Å². The summed E-state index contributed by atoms with van der Waals surface area (Å²) in [7, 11) is 0. The van der Waals surface area contributed by atoms with Crippen molar-refractivity contribution in [1.29, 1.82) is 0 Å². The summed E-state index contributed by atoms with van der Waals surface area (Å²) < 4.78 is 0. The molecule has 0 aliphatic heterocycles. The zero-order valence-electron chi connectivity index (χ0n) is 11.6. The smallest absolute Gasteiger partial charge is 0.311 e. The molecule has 0 amide bonds. The van der Waals surface area contributed by atoms with E-state index in [1.165, 1.54) is 0 Å². The first-order valence-electron chi connectivity index (χ1n) is 6.53. The fraction of sp³-hybridized carbons (Fsp3) is 0.235. The second-order valence-corrected chi connectivity index (χ2v) is 5.39. The quantitative estimate of drug-likeness (QED) is 0.907. The number of rotatable bonds is 4. The van der Waals surface area contributed by atoms with Gasteiger partial charge in [-0.3, -0.25) is 4.79 Å². The molecule has 0 saturated carbocycles. The Kier molecular flexibility index (Phi) is 4.46. The molecule has 2 rings (SSSR count). The van der Waals surface area contributed by atoms with Crippen molar-refractivity contribution in [2.45, 2.75) is 26.2 Å². The van der Waals surface area contributed by atoms with Crippen LogP contribution in [0.3, 0.4) is 0 Å². The van der Waals surface area contributed by atoms with Gasteiger partial charge < -0.3 is 5.11 Å². The van der Waals surface area contributed by atoms with Crippen molar-refractivity contribution in [1.82, 2.24) is 0 Å². The Labute approximate surface area is 124 Å². The lowest BCUT2D eigenvalue weighted by Crippen LogP contribution is -2.16. The molecule has 0 saturated heterocycles. The fourth-order valence-electron chi connectivity index (χ4n) is 2.46. The molecule has 3 heteroatoms. The number of aliphatic carboxylic acids is 1. The third-order valence-electron chi connectivity index (χ3n) is 3.63. The normalized spacial score (nSPS) is 12.2. The number of halogens is 1. The van der Waals surface area contributed by atoms with Gasteiger partial charge in [-0.1, -0.05) is 48.0 Å². The first-order chi connectivity index (χ1) is 9.50. The average molecular weight is 289 g/mol. The van der Waals surface area contributed by atoms with Gasteiger partial charge in [-0.15, -0.1) is 0 Å². The first-order valence-corrected chi connectivity index (χ1v) is 6.91. The lowest BCUT2D eigenvalue weighted by molar-refractivity contribution is -0.138. The van der Waals surface area contributed by atoms with Crippen LogP contribution >= 0.6 is 11.6 Å². The molecule has 0 fully saturated rings. The van der Waals surface area contributed by atoms with Crippen LogP contribution in [0.15, 0.2) is 42.5 Å². The summed E-state index contributed by atoms with van der Waals surface area (Å²) in [5.74, 6) is -1.47. The molecule has 0 heterocycles. The summed E-state index contributed by atoms with van der Waals surface area (Å²) in [6.07, 6.45) is 0.456. The number of hydrogen-bond acceptors (Lipinski definition) is 1. The van der Waals surface area contributed by atoms with Gasteiger partial charge >= 0.3 is 5.97 Å². The van der Waals surface area contributed by atoms with E-state index in [4.69, 9.17) is 11.6 Å². The van der Waals surface area contributed by atoms with Crippen LogP contribution in [0.25, 0.3) is 0 Å². The standard InChI is InChI=1S/C17H17ClO2/c1-11-6-5-7-12(2)14(11)10-15(17(19)20)13-8-3-4-9-16(13)18/h3-9,15H,10H2,1-2H3,(H,19,20). The maximum Gasteiger partial charge on any atom is 0.311 e. The molecule has 2 aromatic carbocycles. The van der Waals surface area contributed by atoms with E-state index in [0.29, 0.717) is 17.0 Å². The van der Waals surface area contributed by atoms with E-state index in [1.807, 2.05) is 44.2 Å². The van der Waals surface area contributed by atoms with Crippen LogP contribution < -0.4 is 0 Å². The summed E-state index contributed by atoms with van der Waals surface area (Å²) in [5, 5.41) is 10.0. The second kappa shape index (κ2) is 6.10. The number of aryl methyl sites for hydroxylation is 2. The minimum atomic E-state index is -0.847. The van der Waals surface area contributed by atoms with Crippen molar-refractivity contribution in [2.24, 2.45) is 0 Å². The topological polar surface area (TPSA) is 37.3 Å². The summed E-state index contributed by atoms with van der Waals surface area (Å²) in [5.41, 5.74) is 3.98. The van der Waals surface area contributed by atoms with Gasteiger partial charge in [-0.2, -0.15) is 0 Å². The molecular weight excluding hydrogens is 272 g/mol. The summed E-state index contributed by atoms with van der Waals surface area (Å²) in [4.78, 5) is 11.6. The Morgan fingerprint density at radius 2 is 1.70 bits per heavy atom. The monoisotopic (exact) mass is 288 g/mol. The molecule has 2 nitrogen and oxygen atoms in total. The van der Waals surface area contributed by atoms with Crippen molar-refractivity contribution >= 4 is 17.6 Å². The van der Waals surface area contributed by atoms with Crippen molar-refractivity contribution < 1.29 is 9.90 Å². The van der Waals surface area contributed by atoms with Gasteiger partial charge in [0.1, 0.15) is 0 Å². The minimum absolute atomic E-state index is 0.456. The SMILES string of the molecule is Cc1cccc(C)c1CC(C(=O)O)c1ccccc1Cl. The molecule has 0 aliphatic carbocycles. The molecule has 0 bridgehead atoms. The third kappa shape index (κ3) is 3.02. The van der Waals surface area contributed by atoms with Gasteiger partial charge in [0.25, 0.3) is 0 Å². The highest BCUT2D eigenvalue weighted by molar-refractivity contribution is 6.31. The largest absolute Gasteiger partial charge is 0.481 e. The number of benzene rings is 2. The Morgan fingerprint density at radius 3 is 2.25 bits per heavy atom. The van der Waals surface area contributed by atoms with E-state index in [2.05, 4.69) is 0 Å². The lowest BCUT2D eigenvalue weighted by atomic mass is 9.88. The van der Waals surface area contributed by atoms with Crippen molar-refractivity contribution in [3.63, 3.8) is 0 Å². The molecule has 20 heavy (non-hydrogen) atoms. The first kappa shape index (κ1) is 14.6. The molecule has 1 atom stereocenters. The van der Waals surface area contributed by atoms with Crippen molar-refractivity contribution in [3.8, 4) is 0 Å². The Morgan fingerprint density at radius 1 is 1.10 bits per heavy atom. The van der Waals surface area contributed by atoms with Gasteiger partial charge in [0.05, 0.1) is 5.92 Å². The van der Waals surface area contributed by atoms with E-state index >= 15 is 0 Å². The van der Waals surface area contributed by atoms with Crippen LogP contribution in [0.2, 0.25) is 5.02 Å². The molecule has 2 aromatic rings. The van der Waals surface area contributed by atoms with E-state index in [1.54, 1.807) is 12.1 Å².